The minimum absolute atomic E-state index is 0.0980. The maximum absolute atomic E-state index is 12.3. The summed E-state index contributed by atoms with van der Waals surface area (Å²) in [6, 6.07) is 9.78. The van der Waals surface area contributed by atoms with Crippen molar-refractivity contribution in [2.24, 2.45) is 0 Å². The highest BCUT2D eigenvalue weighted by atomic mass is 32.1. The van der Waals surface area contributed by atoms with Crippen molar-refractivity contribution in [2.45, 2.75) is 25.3 Å². The van der Waals surface area contributed by atoms with Gasteiger partial charge in [-0.05, 0) is 34.5 Å². The van der Waals surface area contributed by atoms with E-state index in [0.717, 1.165) is 5.56 Å². The molecule has 23 heavy (non-hydrogen) atoms. The number of carbonyl (C=O) groups excluding carboxylic acids is 2. The fourth-order valence-corrected chi connectivity index (χ4v) is 2.81. The lowest BCUT2D eigenvalue weighted by atomic mass is 10.0. The van der Waals surface area contributed by atoms with E-state index >= 15 is 0 Å². The number of carboxylic acid groups (broad SMARTS) is 1. The van der Waals surface area contributed by atoms with E-state index in [1.54, 1.807) is 30.3 Å². The van der Waals surface area contributed by atoms with Crippen molar-refractivity contribution in [2.75, 3.05) is 0 Å². The molecule has 0 saturated heterocycles. The number of aliphatic carboxylic acids is 1. The van der Waals surface area contributed by atoms with Gasteiger partial charge in [0.05, 0.1) is 12.5 Å². The summed E-state index contributed by atoms with van der Waals surface area (Å²) < 4.78 is 0. The summed E-state index contributed by atoms with van der Waals surface area (Å²) in [6.07, 6.45) is 0.0277. The van der Waals surface area contributed by atoms with Gasteiger partial charge in [-0.25, -0.2) is 0 Å². The Labute approximate surface area is 138 Å². The quantitative estimate of drug-likeness (QED) is 0.778. The molecule has 0 fully saturated rings. The molecule has 1 unspecified atom stereocenters. The lowest BCUT2D eigenvalue weighted by Gasteiger charge is -2.17. The average molecular weight is 331 g/mol. The molecule has 0 aliphatic rings. The predicted octanol–water partition coefficient (Wildman–Crippen LogP) is 2.52. The fourth-order valence-electron chi connectivity index (χ4n) is 2.13. The second-order valence-electron chi connectivity index (χ2n) is 5.09. The molecule has 1 atom stereocenters. The third-order valence-electron chi connectivity index (χ3n) is 3.34. The van der Waals surface area contributed by atoms with Gasteiger partial charge in [0, 0.05) is 18.4 Å². The Hall–Kier alpha value is -2.47. The number of nitrogens with one attached hydrogen (secondary N) is 1. The largest absolute Gasteiger partial charge is 0.481 e. The summed E-state index contributed by atoms with van der Waals surface area (Å²) in [4.78, 5) is 35.2. The van der Waals surface area contributed by atoms with Crippen LogP contribution in [0.2, 0.25) is 0 Å². The first-order valence-corrected chi connectivity index (χ1v) is 8.12. The van der Waals surface area contributed by atoms with E-state index in [4.69, 9.17) is 5.11 Å². The maximum Gasteiger partial charge on any atom is 0.303 e. The van der Waals surface area contributed by atoms with E-state index in [-0.39, 0.29) is 24.5 Å². The van der Waals surface area contributed by atoms with Gasteiger partial charge in [-0.15, -0.1) is 0 Å². The Morgan fingerprint density at radius 2 is 1.83 bits per heavy atom. The highest BCUT2D eigenvalue weighted by Gasteiger charge is 2.22. The summed E-state index contributed by atoms with van der Waals surface area (Å²) in [6.45, 7) is 0. The molecule has 0 aliphatic heterocycles. The Morgan fingerprint density at radius 1 is 1.09 bits per heavy atom. The van der Waals surface area contributed by atoms with Crippen molar-refractivity contribution in [3.63, 3.8) is 0 Å². The minimum Gasteiger partial charge on any atom is -0.481 e. The Morgan fingerprint density at radius 3 is 2.43 bits per heavy atom. The van der Waals surface area contributed by atoms with Gasteiger partial charge in [0.15, 0.2) is 5.78 Å². The number of ketones is 1. The van der Waals surface area contributed by atoms with Crippen LogP contribution in [0.1, 0.15) is 28.8 Å². The number of benzene rings is 1. The zero-order valence-corrected chi connectivity index (χ0v) is 13.2. The zero-order valence-electron chi connectivity index (χ0n) is 12.4. The van der Waals surface area contributed by atoms with E-state index in [1.807, 2.05) is 16.8 Å². The smallest absolute Gasteiger partial charge is 0.303 e. The van der Waals surface area contributed by atoms with Crippen LogP contribution in [-0.2, 0) is 16.0 Å². The average Bonchev–Trinajstić information content (AvgIpc) is 3.05. The number of thiophene rings is 1. The molecule has 6 heteroatoms. The van der Waals surface area contributed by atoms with E-state index in [0.29, 0.717) is 12.0 Å². The normalized spacial score (nSPS) is 11.7. The van der Waals surface area contributed by atoms with Gasteiger partial charge < -0.3 is 10.4 Å². The molecule has 1 amide bonds. The van der Waals surface area contributed by atoms with Crippen LogP contribution in [0, 0.1) is 0 Å². The number of carboxylic acids is 1. The molecule has 2 rings (SSSR count). The number of hydrogen-bond acceptors (Lipinski definition) is 4. The molecule has 0 bridgehead atoms. The number of Topliss-reactive ketones (excluding diaryl/α,β-unsaturated/α-hetero) is 1. The van der Waals surface area contributed by atoms with Crippen LogP contribution in [0.3, 0.4) is 0 Å². The van der Waals surface area contributed by atoms with Crippen LogP contribution in [0.15, 0.2) is 47.2 Å². The van der Waals surface area contributed by atoms with E-state index in [1.165, 1.54) is 11.3 Å². The Bertz CT molecular complexity index is 667. The van der Waals surface area contributed by atoms with Crippen molar-refractivity contribution >= 4 is 29.0 Å². The predicted molar refractivity (Wildman–Crippen MR) is 87.6 cm³/mol. The van der Waals surface area contributed by atoms with Crippen molar-refractivity contribution in [3.05, 3.63) is 58.3 Å². The molecule has 5 nitrogen and oxygen atoms in total. The van der Waals surface area contributed by atoms with Gasteiger partial charge in [-0.3, -0.25) is 14.4 Å². The van der Waals surface area contributed by atoms with Gasteiger partial charge in [0.2, 0.25) is 0 Å². The summed E-state index contributed by atoms with van der Waals surface area (Å²) in [5.41, 5.74) is 1.41. The number of amides is 1. The topological polar surface area (TPSA) is 83.5 Å². The van der Waals surface area contributed by atoms with E-state index < -0.39 is 12.0 Å². The molecule has 0 spiro atoms. The summed E-state index contributed by atoms with van der Waals surface area (Å²) in [5.74, 6) is -1.64. The van der Waals surface area contributed by atoms with E-state index in [2.05, 4.69) is 5.32 Å². The number of rotatable bonds is 8. The summed E-state index contributed by atoms with van der Waals surface area (Å²) in [5, 5.41) is 15.2. The molecule has 1 aromatic heterocycles. The monoisotopic (exact) mass is 331 g/mol. The molecular weight excluding hydrogens is 314 g/mol. The molecule has 2 N–H and O–H groups in total. The Kier molecular flexibility index (Phi) is 6.05. The SMILES string of the molecule is O=C(O)CCC(=O)C(Cc1ccsc1)NC(=O)c1ccccc1. The third kappa shape index (κ3) is 5.34. The first kappa shape index (κ1) is 16.9. The number of hydrogen-bond donors (Lipinski definition) is 2. The van der Waals surface area contributed by atoms with Crippen LogP contribution in [-0.4, -0.2) is 28.8 Å². The first-order chi connectivity index (χ1) is 11.1. The van der Waals surface area contributed by atoms with Crippen molar-refractivity contribution < 1.29 is 19.5 Å². The Balaban J connectivity index is 2.07. The van der Waals surface area contributed by atoms with Gasteiger partial charge in [0.25, 0.3) is 5.91 Å². The summed E-state index contributed by atoms with van der Waals surface area (Å²) >= 11 is 1.51. The molecule has 0 saturated carbocycles. The molecule has 0 aliphatic carbocycles. The zero-order chi connectivity index (χ0) is 16.7. The van der Waals surface area contributed by atoms with Crippen LogP contribution >= 0.6 is 11.3 Å². The first-order valence-electron chi connectivity index (χ1n) is 7.18. The lowest BCUT2D eigenvalue weighted by molar-refractivity contribution is -0.138. The molecular formula is C17H17NO4S. The molecule has 1 heterocycles. The third-order valence-corrected chi connectivity index (χ3v) is 4.07. The van der Waals surface area contributed by atoms with Crippen molar-refractivity contribution in [1.82, 2.24) is 5.32 Å². The molecule has 2 aromatic rings. The molecule has 0 radical (unpaired) electrons. The minimum atomic E-state index is -1.03. The highest BCUT2D eigenvalue weighted by molar-refractivity contribution is 7.07. The van der Waals surface area contributed by atoms with Gasteiger partial charge in [0.1, 0.15) is 0 Å². The maximum atomic E-state index is 12.3. The molecule has 1 aromatic carbocycles. The van der Waals surface area contributed by atoms with Crippen LogP contribution in [0.5, 0.6) is 0 Å². The second-order valence-corrected chi connectivity index (χ2v) is 5.87. The number of carbonyl (C=O) groups is 3. The standard InChI is InChI=1S/C17H17NO4S/c19-15(6-7-16(20)21)14(10-12-8-9-23-11-12)18-17(22)13-4-2-1-3-5-13/h1-5,8-9,11,14H,6-7,10H2,(H,18,22)(H,20,21). The van der Waals surface area contributed by atoms with Gasteiger partial charge in [-0.2, -0.15) is 11.3 Å². The lowest BCUT2D eigenvalue weighted by Crippen LogP contribution is -2.42. The van der Waals surface area contributed by atoms with Gasteiger partial charge >= 0.3 is 5.97 Å². The highest BCUT2D eigenvalue weighted by Crippen LogP contribution is 2.11. The van der Waals surface area contributed by atoms with Crippen LogP contribution in [0.25, 0.3) is 0 Å². The van der Waals surface area contributed by atoms with Crippen LogP contribution in [0.4, 0.5) is 0 Å². The fraction of sp³-hybridized carbons (Fsp3) is 0.235. The van der Waals surface area contributed by atoms with Crippen molar-refractivity contribution in [3.8, 4) is 0 Å². The van der Waals surface area contributed by atoms with E-state index in [9.17, 15) is 14.4 Å². The van der Waals surface area contributed by atoms with Crippen LogP contribution < -0.4 is 5.32 Å². The second kappa shape index (κ2) is 8.24. The van der Waals surface area contributed by atoms with Gasteiger partial charge in [-0.1, -0.05) is 18.2 Å². The van der Waals surface area contributed by atoms with Crippen molar-refractivity contribution in [1.29, 1.82) is 0 Å². The molecule has 120 valence electrons. The summed E-state index contributed by atoms with van der Waals surface area (Å²) in [7, 11) is 0.